The molecule has 1 aromatic rings. The van der Waals surface area contributed by atoms with Crippen LogP contribution in [0.2, 0.25) is 0 Å². The summed E-state index contributed by atoms with van der Waals surface area (Å²) in [5.74, 6) is -1.56. The van der Waals surface area contributed by atoms with Crippen molar-refractivity contribution in [2.24, 2.45) is 0 Å². The fourth-order valence-electron chi connectivity index (χ4n) is 3.03. The summed E-state index contributed by atoms with van der Waals surface area (Å²) in [6.07, 6.45) is -0.165. The molecule has 118 valence electrons. The van der Waals surface area contributed by atoms with Crippen LogP contribution in [0.1, 0.15) is 29.0 Å². The number of aryl methyl sites for hydroxylation is 2. The second-order valence-corrected chi connectivity index (χ2v) is 6.12. The van der Waals surface area contributed by atoms with Crippen LogP contribution in [-0.2, 0) is 9.59 Å². The number of alkyl halides is 1. The van der Waals surface area contributed by atoms with Crippen LogP contribution in [0.25, 0.3) is 0 Å². The lowest BCUT2D eigenvalue weighted by Crippen LogP contribution is -2.40. The first kappa shape index (κ1) is 14.8. The summed E-state index contributed by atoms with van der Waals surface area (Å²) in [7, 11) is 0. The Morgan fingerprint density at radius 1 is 1.36 bits per heavy atom. The summed E-state index contributed by atoms with van der Waals surface area (Å²) in [6, 6.07) is 3.83. The van der Waals surface area contributed by atoms with Crippen LogP contribution in [-0.4, -0.2) is 47.2 Å². The van der Waals surface area contributed by atoms with E-state index in [-0.39, 0.29) is 25.5 Å². The van der Waals surface area contributed by atoms with Crippen molar-refractivity contribution in [3.05, 3.63) is 28.8 Å². The van der Waals surface area contributed by atoms with E-state index in [1.807, 2.05) is 26.0 Å². The SMILES string of the molecule is Cc1cc2c(cc1C)C(C(=O)N1CCC(F)(C(=O)O)C1)CO2. The molecule has 22 heavy (non-hydrogen) atoms. The minimum atomic E-state index is -2.33. The maximum Gasteiger partial charge on any atom is 0.343 e. The molecule has 3 rings (SSSR count). The van der Waals surface area contributed by atoms with Gasteiger partial charge in [-0.2, -0.15) is 0 Å². The number of nitrogens with zero attached hydrogens (tertiary/aromatic N) is 1. The van der Waals surface area contributed by atoms with Gasteiger partial charge in [-0.05, 0) is 31.0 Å². The van der Waals surface area contributed by atoms with Gasteiger partial charge in [-0.25, -0.2) is 9.18 Å². The summed E-state index contributed by atoms with van der Waals surface area (Å²) < 4.78 is 19.7. The van der Waals surface area contributed by atoms with Gasteiger partial charge in [0, 0.05) is 18.5 Å². The molecule has 2 heterocycles. The fraction of sp³-hybridized carbons (Fsp3) is 0.500. The van der Waals surface area contributed by atoms with Crippen molar-refractivity contribution in [3.63, 3.8) is 0 Å². The number of rotatable bonds is 2. The quantitative estimate of drug-likeness (QED) is 0.905. The Labute approximate surface area is 127 Å². The van der Waals surface area contributed by atoms with Crippen molar-refractivity contribution in [2.45, 2.75) is 31.9 Å². The molecule has 6 heteroatoms. The van der Waals surface area contributed by atoms with Gasteiger partial charge >= 0.3 is 5.97 Å². The van der Waals surface area contributed by atoms with E-state index in [0.29, 0.717) is 5.75 Å². The van der Waals surface area contributed by atoms with Crippen molar-refractivity contribution < 1.29 is 23.8 Å². The molecule has 1 fully saturated rings. The highest BCUT2D eigenvalue weighted by atomic mass is 19.1. The lowest BCUT2D eigenvalue weighted by molar-refractivity contribution is -0.150. The smallest absolute Gasteiger partial charge is 0.343 e. The van der Waals surface area contributed by atoms with Gasteiger partial charge in [0.1, 0.15) is 18.3 Å². The summed E-state index contributed by atoms with van der Waals surface area (Å²) in [6.45, 7) is 3.89. The molecular formula is C16H18FNO4. The maximum atomic E-state index is 14.1. The predicted octanol–water partition coefficient (Wildman–Crippen LogP) is 1.80. The molecule has 0 bridgehead atoms. The molecule has 2 atom stereocenters. The number of hydrogen-bond acceptors (Lipinski definition) is 3. The van der Waals surface area contributed by atoms with Crippen LogP contribution in [0.15, 0.2) is 12.1 Å². The first-order chi connectivity index (χ1) is 10.3. The summed E-state index contributed by atoms with van der Waals surface area (Å²) in [5.41, 5.74) is 0.622. The van der Waals surface area contributed by atoms with Crippen molar-refractivity contribution in [2.75, 3.05) is 19.7 Å². The first-order valence-electron chi connectivity index (χ1n) is 7.27. The molecule has 0 radical (unpaired) electrons. The highest BCUT2D eigenvalue weighted by molar-refractivity contribution is 5.88. The van der Waals surface area contributed by atoms with E-state index in [9.17, 15) is 14.0 Å². The average Bonchev–Trinajstić information content (AvgIpc) is 3.04. The predicted molar refractivity (Wildman–Crippen MR) is 76.8 cm³/mol. The fourth-order valence-corrected chi connectivity index (χ4v) is 3.03. The van der Waals surface area contributed by atoms with Crippen LogP contribution in [0.5, 0.6) is 5.75 Å². The van der Waals surface area contributed by atoms with Gasteiger partial charge in [-0.1, -0.05) is 6.07 Å². The highest BCUT2D eigenvalue weighted by Gasteiger charge is 2.48. The Balaban J connectivity index is 1.82. The number of carboxylic acids is 1. The number of amides is 1. The van der Waals surface area contributed by atoms with Crippen LogP contribution in [0.4, 0.5) is 4.39 Å². The monoisotopic (exact) mass is 307 g/mol. The number of likely N-dealkylation sites (tertiary alicyclic amines) is 1. The Morgan fingerprint density at radius 3 is 2.68 bits per heavy atom. The van der Waals surface area contributed by atoms with Crippen LogP contribution in [0, 0.1) is 13.8 Å². The van der Waals surface area contributed by atoms with Gasteiger partial charge in [0.2, 0.25) is 11.6 Å². The van der Waals surface area contributed by atoms with Gasteiger partial charge < -0.3 is 14.7 Å². The number of hydrogen-bond donors (Lipinski definition) is 1. The molecule has 1 saturated heterocycles. The van der Waals surface area contributed by atoms with Gasteiger partial charge in [0.15, 0.2) is 0 Å². The molecule has 0 saturated carbocycles. The number of ether oxygens (including phenoxy) is 1. The topological polar surface area (TPSA) is 66.8 Å². The molecule has 0 aliphatic carbocycles. The van der Waals surface area contributed by atoms with E-state index >= 15 is 0 Å². The zero-order chi connectivity index (χ0) is 16.1. The lowest BCUT2D eigenvalue weighted by atomic mass is 9.96. The Bertz CT molecular complexity index is 660. The normalized spacial score (nSPS) is 26.7. The zero-order valence-electron chi connectivity index (χ0n) is 12.6. The highest BCUT2D eigenvalue weighted by Crippen LogP contribution is 2.38. The first-order valence-corrected chi connectivity index (χ1v) is 7.27. The Morgan fingerprint density at radius 2 is 2.05 bits per heavy atom. The third-order valence-electron chi connectivity index (χ3n) is 4.62. The van der Waals surface area contributed by atoms with Crippen molar-refractivity contribution >= 4 is 11.9 Å². The zero-order valence-corrected chi connectivity index (χ0v) is 12.6. The van der Waals surface area contributed by atoms with Gasteiger partial charge in [0.25, 0.3) is 0 Å². The second kappa shape index (κ2) is 4.97. The minimum absolute atomic E-state index is 0.123. The number of carbonyl (C=O) groups excluding carboxylic acids is 1. The standard InChI is InChI=1S/C16H18FNO4/c1-9-5-11-12(7-22-13(11)6-10(9)2)14(19)18-4-3-16(17,8-18)15(20)21/h5-6,12H,3-4,7-8H2,1-2H3,(H,20,21). The molecule has 0 aromatic heterocycles. The van der Waals surface area contributed by atoms with Crippen molar-refractivity contribution in [1.29, 1.82) is 0 Å². The largest absolute Gasteiger partial charge is 0.492 e. The van der Waals surface area contributed by atoms with Crippen LogP contribution in [0.3, 0.4) is 0 Å². The summed E-state index contributed by atoms with van der Waals surface area (Å²) in [5, 5.41) is 8.92. The van der Waals surface area contributed by atoms with E-state index in [1.54, 1.807) is 0 Å². The molecule has 2 aliphatic rings. The number of carboxylic acid groups (broad SMARTS) is 1. The van der Waals surface area contributed by atoms with Gasteiger partial charge in [-0.3, -0.25) is 4.79 Å². The van der Waals surface area contributed by atoms with E-state index in [1.165, 1.54) is 4.90 Å². The van der Waals surface area contributed by atoms with Crippen LogP contribution < -0.4 is 4.74 Å². The average molecular weight is 307 g/mol. The van der Waals surface area contributed by atoms with Crippen LogP contribution >= 0.6 is 0 Å². The number of benzene rings is 1. The Kier molecular flexibility index (Phi) is 3.34. The number of halogens is 1. The second-order valence-electron chi connectivity index (χ2n) is 6.12. The van der Waals surface area contributed by atoms with E-state index < -0.39 is 24.1 Å². The summed E-state index contributed by atoms with van der Waals surface area (Å²) in [4.78, 5) is 24.9. The molecule has 2 unspecified atom stereocenters. The molecule has 2 aliphatic heterocycles. The molecule has 1 N–H and O–H groups in total. The van der Waals surface area contributed by atoms with Crippen molar-refractivity contribution in [1.82, 2.24) is 4.90 Å². The maximum absolute atomic E-state index is 14.1. The molecular weight excluding hydrogens is 289 g/mol. The van der Waals surface area contributed by atoms with Gasteiger partial charge in [-0.15, -0.1) is 0 Å². The van der Waals surface area contributed by atoms with E-state index in [2.05, 4.69) is 0 Å². The minimum Gasteiger partial charge on any atom is -0.492 e. The third-order valence-corrected chi connectivity index (χ3v) is 4.62. The number of fused-ring (bicyclic) bond motifs is 1. The number of aliphatic carboxylic acids is 1. The molecule has 0 spiro atoms. The van der Waals surface area contributed by atoms with E-state index in [0.717, 1.165) is 16.7 Å². The van der Waals surface area contributed by atoms with Gasteiger partial charge in [0.05, 0.1) is 6.54 Å². The molecule has 1 aromatic carbocycles. The van der Waals surface area contributed by atoms with E-state index in [4.69, 9.17) is 9.84 Å². The lowest BCUT2D eigenvalue weighted by Gasteiger charge is -2.21. The summed E-state index contributed by atoms with van der Waals surface area (Å²) >= 11 is 0. The third kappa shape index (κ3) is 2.23. The van der Waals surface area contributed by atoms with Crippen molar-refractivity contribution in [3.8, 4) is 5.75 Å². The Hall–Kier alpha value is -2.11. The molecule has 5 nitrogen and oxygen atoms in total. The number of carbonyl (C=O) groups is 2. The molecule has 1 amide bonds.